The molecule has 0 fully saturated rings. The van der Waals surface area contributed by atoms with Gasteiger partial charge in [0, 0.05) is 20.8 Å². The third-order valence-electron chi connectivity index (χ3n) is 3.07. The molecule has 0 atom stereocenters. The van der Waals surface area contributed by atoms with Crippen molar-refractivity contribution in [1.29, 1.82) is 0 Å². The van der Waals surface area contributed by atoms with Gasteiger partial charge >= 0.3 is 5.97 Å². The number of rotatable bonds is 4. The Morgan fingerprint density at radius 2 is 2.05 bits per heavy atom. The number of carbonyl (C=O) groups is 1. The Balaban J connectivity index is 2.13. The second-order valence-corrected chi connectivity index (χ2v) is 6.48. The van der Waals surface area contributed by atoms with E-state index in [1.165, 1.54) is 17.6 Å². The standard InChI is InChI=1S/C16H16BrNO2S/c1-10-3-6-13(18)8-15(10)21-9-12-5-4-11(7-14(12)17)16(19)20-2/h3-8H,9,18H2,1-2H3. The number of benzene rings is 2. The molecule has 2 N–H and O–H groups in total. The highest BCUT2D eigenvalue weighted by Gasteiger charge is 2.09. The molecular formula is C16H16BrNO2S. The summed E-state index contributed by atoms with van der Waals surface area (Å²) in [6.07, 6.45) is 0. The van der Waals surface area contributed by atoms with Crippen LogP contribution in [0.1, 0.15) is 21.5 Å². The Kier molecular flexibility index (Phi) is 5.31. The highest BCUT2D eigenvalue weighted by Crippen LogP contribution is 2.30. The zero-order valence-electron chi connectivity index (χ0n) is 11.9. The van der Waals surface area contributed by atoms with E-state index in [1.54, 1.807) is 23.9 Å². The van der Waals surface area contributed by atoms with E-state index in [0.717, 1.165) is 21.5 Å². The van der Waals surface area contributed by atoms with E-state index in [-0.39, 0.29) is 5.97 Å². The molecule has 0 aliphatic rings. The molecule has 110 valence electrons. The molecule has 0 aromatic heterocycles. The van der Waals surface area contributed by atoms with Crippen molar-refractivity contribution in [1.82, 2.24) is 0 Å². The van der Waals surface area contributed by atoms with E-state index in [2.05, 4.69) is 22.9 Å². The van der Waals surface area contributed by atoms with Gasteiger partial charge in [0.1, 0.15) is 0 Å². The third-order valence-corrected chi connectivity index (χ3v) is 5.01. The monoisotopic (exact) mass is 365 g/mol. The molecule has 0 radical (unpaired) electrons. The van der Waals surface area contributed by atoms with Gasteiger partial charge in [-0.15, -0.1) is 11.8 Å². The van der Waals surface area contributed by atoms with Gasteiger partial charge in [0.2, 0.25) is 0 Å². The number of hydrogen-bond acceptors (Lipinski definition) is 4. The van der Waals surface area contributed by atoms with Crippen LogP contribution in [0, 0.1) is 6.92 Å². The first-order valence-electron chi connectivity index (χ1n) is 6.37. The fourth-order valence-corrected chi connectivity index (χ4v) is 3.62. The SMILES string of the molecule is COC(=O)c1ccc(CSc2cc(N)ccc2C)c(Br)c1. The molecule has 3 nitrogen and oxygen atoms in total. The van der Waals surface area contributed by atoms with Gasteiger partial charge in [0.15, 0.2) is 0 Å². The van der Waals surface area contributed by atoms with E-state index in [0.29, 0.717) is 5.56 Å². The summed E-state index contributed by atoms with van der Waals surface area (Å²) >= 11 is 5.23. The molecule has 5 heteroatoms. The van der Waals surface area contributed by atoms with Gasteiger partial charge in [-0.25, -0.2) is 4.79 Å². The number of carbonyl (C=O) groups excluding carboxylic acids is 1. The van der Waals surface area contributed by atoms with Gasteiger partial charge in [-0.05, 0) is 42.3 Å². The number of hydrogen-bond donors (Lipinski definition) is 1. The number of nitrogen functional groups attached to an aromatic ring is 1. The fourth-order valence-electron chi connectivity index (χ4n) is 1.84. The first-order chi connectivity index (χ1) is 10.0. The highest BCUT2D eigenvalue weighted by atomic mass is 79.9. The number of ether oxygens (including phenoxy) is 1. The van der Waals surface area contributed by atoms with Crippen molar-refractivity contribution in [2.75, 3.05) is 12.8 Å². The maximum atomic E-state index is 11.5. The van der Waals surface area contributed by atoms with E-state index in [9.17, 15) is 4.79 Å². The molecule has 0 aliphatic heterocycles. The molecule has 0 amide bonds. The quantitative estimate of drug-likeness (QED) is 0.495. The van der Waals surface area contributed by atoms with Crippen LogP contribution in [0.5, 0.6) is 0 Å². The number of anilines is 1. The molecule has 0 unspecified atom stereocenters. The first kappa shape index (κ1) is 15.9. The van der Waals surface area contributed by atoms with Crippen LogP contribution in [0.15, 0.2) is 45.8 Å². The summed E-state index contributed by atoms with van der Waals surface area (Å²) < 4.78 is 5.61. The lowest BCUT2D eigenvalue weighted by molar-refractivity contribution is 0.0600. The van der Waals surface area contributed by atoms with Crippen LogP contribution in [0.2, 0.25) is 0 Å². The third kappa shape index (κ3) is 4.02. The van der Waals surface area contributed by atoms with Crippen LogP contribution in [0.25, 0.3) is 0 Å². The summed E-state index contributed by atoms with van der Waals surface area (Å²) in [5.74, 6) is 0.466. The number of nitrogens with two attached hydrogens (primary N) is 1. The largest absolute Gasteiger partial charge is 0.465 e. The minimum Gasteiger partial charge on any atom is -0.465 e. The molecule has 0 spiro atoms. The summed E-state index contributed by atoms with van der Waals surface area (Å²) in [4.78, 5) is 12.6. The molecule has 0 saturated carbocycles. The number of halogens is 1. The van der Waals surface area contributed by atoms with Crippen LogP contribution >= 0.6 is 27.7 Å². The van der Waals surface area contributed by atoms with Crippen molar-refractivity contribution in [2.24, 2.45) is 0 Å². The van der Waals surface area contributed by atoms with E-state index < -0.39 is 0 Å². The fraction of sp³-hybridized carbons (Fsp3) is 0.188. The van der Waals surface area contributed by atoms with Gasteiger partial charge in [0.25, 0.3) is 0 Å². The Hall–Kier alpha value is -1.46. The minimum absolute atomic E-state index is 0.332. The Labute approximate surface area is 137 Å². The summed E-state index contributed by atoms with van der Waals surface area (Å²) in [6.45, 7) is 2.07. The van der Waals surface area contributed by atoms with E-state index >= 15 is 0 Å². The van der Waals surface area contributed by atoms with Crippen molar-refractivity contribution >= 4 is 39.3 Å². The lowest BCUT2D eigenvalue weighted by atomic mass is 10.1. The van der Waals surface area contributed by atoms with Crippen molar-refractivity contribution in [3.8, 4) is 0 Å². The van der Waals surface area contributed by atoms with Crippen molar-refractivity contribution in [3.63, 3.8) is 0 Å². The van der Waals surface area contributed by atoms with Crippen molar-refractivity contribution in [3.05, 3.63) is 57.6 Å². The van der Waals surface area contributed by atoms with Gasteiger partial charge in [0.05, 0.1) is 12.7 Å². The number of aryl methyl sites for hydroxylation is 1. The molecule has 0 bridgehead atoms. The molecule has 2 aromatic carbocycles. The smallest absolute Gasteiger partial charge is 0.337 e. The summed E-state index contributed by atoms with van der Waals surface area (Å²) in [6, 6.07) is 11.4. The molecule has 0 saturated heterocycles. The maximum Gasteiger partial charge on any atom is 0.337 e. The summed E-state index contributed by atoms with van der Waals surface area (Å²) in [5, 5.41) is 0. The number of methoxy groups -OCH3 is 1. The van der Waals surface area contributed by atoms with Gasteiger partial charge in [-0.1, -0.05) is 28.1 Å². The summed E-state index contributed by atoms with van der Waals surface area (Å²) in [7, 11) is 1.38. The summed E-state index contributed by atoms with van der Waals surface area (Å²) in [5.41, 5.74) is 9.45. The normalized spacial score (nSPS) is 10.4. The van der Waals surface area contributed by atoms with Gasteiger partial charge < -0.3 is 10.5 Å². The Morgan fingerprint density at radius 3 is 2.71 bits per heavy atom. The van der Waals surface area contributed by atoms with Gasteiger partial charge in [-0.3, -0.25) is 0 Å². The Morgan fingerprint density at radius 1 is 1.29 bits per heavy atom. The lowest BCUT2D eigenvalue weighted by Gasteiger charge is -2.09. The van der Waals surface area contributed by atoms with Gasteiger partial charge in [-0.2, -0.15) is 0 Å². The average molecular weight is 366 g/mol. The highest BCUT2D eigenvalue weighted by molar-refractivity contribution is 9.10. The van der Waals surface area contributed by atoms with Crippen molar-refractivity contribution in [2.45, 2.75) is 17.6 Å². The number of esters is 1. The van der Waals surface area contributed by atoms with Crippen LogP contribution in [-0.2, 0) is 10.5 Å². The van der Waals surface area contributed by atoms with Crippen LogP contribution in [0.4, 0.5) is 5.69 Å². The average Bonchev–Trinajstić information content (AvgIpc) is 2.48. The molecular weight excluding hydrogens is 350 g/mol. The second kappa shape index (κ2) is 7.00. The maximum absolute atomic E-state index is 11.5. The minimum atomic E-state index is -0.332. The predicted octanol–water partition coefficient (Wildman–Crippen LogP) is 4.42. The zero-order chi connectivity index (χ0) is 15.4. The van der Waals surface area contributed by atoms with Crippen LogP contribution < -0.4 is 5.73 Å². The van der Waals surface area contributed by atoms with E-state index in [4.69, 9.17) is 10.5 Å². The van der Waals surface area contributed by atoms with Crippen LogP contribution in [0.3, 0.4) is 0 Å². The number of thioether (sulfide) groups is 1. The first-order valence-corrected chi connectivity index (χ1v) is 8.15. The molecule has 0 heterocycles. The predicted molar refractivity (Wildman–Crippen MR) is 90.6 cm³/mol. The van der Waals surface area contributed by atoms with Crippen molar-refractivity contribution < 1.29 is 9.53 Å². The molecule has 2 rings (SSSR count). The second-order valence-electron chi connectivity index (χ2n) is 4.61. The topological polar surface area (TPSA) is 52.3 Å². The molecule has 21 heavy (non-hydrogen) atoms. The molecule has 2 aromatic rings. The molecule has 0 aliphatic carbocycles. The lowest BCUT2D eigenvalue weighted by Crippen LogP contribution is -2.01. The Bertz CT molecular complexity index is 673. The zero-order valence-corrected chi connectivity index (χ0v) is 14.3. The van der Waals surface area contributed by atoms with E-state index in [1.807, 2.05) is 24.3 Å². The van der Waals surface area contributed by atoms with Crippen LogP contribution in [-0.4, -0.2) is 13.1 Å².